The van der Waals surface area contributed by atoms with Crippen molar-refractivity contribution in [2.75, 3.05) is 6.54 Å². The van der Waals surface area contributed by atoms with Gasteiger partial charge >= 0.3 is 0 Å². The highest BCUT2D eigenvalue weighted by atomic mass is 16.5. The van der Waals surface area contributed by atoms with Gasteiger partial charge in [0.1, 0.15) is 11.7 Å². The van der Waals surface area contributed by atoms with Gasteiger partial charge in [-0.15, -0.1) is 0 Å². The average Bonchev–Trinajstić information content (AvgIpc) is 3.02. The summed E-state index contributed by atoms with van der Waals surface area (Å²) in [6.07, 6.45) is 2.93. The molecule has 1 aliphatic rings. The normalized spacial score (nSPS) is 18.0. The zero-order valence-corrected chi connectivity index (χ0v) is 11.3. The van der Waals surface area contributed by atoms with E-state index in [1.165, 1.54) is 4.90 Å². The zero-order valence-electron chi connectivity index (χ0n) is 11.3. The van der Waals surface area contributed by atoms with E-state index in [0.717, 1.165) is 17.2 Å². The lowest BCUT2D eigenvalue weighted by Crippen LogP contribution is -2.45. The molecule has 1 aromatic heterocycles. The van der Waals surface area contributed by atoms with Gasteiger partial charge in [0, 0.05) is 18.1 Å². The number of carbonyl (C=O) groups is 2. The van der Waals surface area contributed by atoms with Crippen molar-refractivity contribution in [2.24, 2.45) is 0 Å². The highest BCUT2D eigenvalue weighted by Gasteiger charge is 2.34. The van der Waals surface area contributed by atoms with E-state index in [1.54, 1.807) is 17.7 Å². The van der Waals surface area contributed by atoms with Gasteiger partial charge in [-0.25, -0.2) is 5.48 Å². The fraction of sp³-hybridized carbons (Fsp3) is 0.267. The van der Waals surface area contributed by atoms with Crippen LogP contribution < -0.4 is 5.48 Å². The predicted molar refractivity (Wildman–Crippen MR) is 75.7 cm³/mol. The van der Waals surface area contributed by atoms with E-state index in [0.29, 0.717) is 18.7 Å². The molecule has 2 amide bonds. The summed E-state index contributed by atoms with van der Waals surface area (Å²) >= 11 is 0. The first kappa shape index (κ1) is 13.5. The van der Waals surface area contributed by atoms with Gasteiger partial charge in [0.05, 0.1) is 0 Å². The highest BCUT2D eigenvalue weighted by Crippen LogP contribution is 2.21. The molecule has 1 saturated heterocycles. The van der Waals surface area contributed by atoms with Crippen molar-refractivity contribution in [3.8, 4) is 0 Å². The lowest BCUT2D eigenvalue weighted by atomic mass is 10.1. The van der Waals surface area contributed by atoms with Gasteiger partial charge in [-0.05, 0) is 24.3 Å². The van der Waals surface area contributed by atoms with Gasteiger partial charge in [0.15, 0.2) is 0 Å². The lowest BCUT2D eigenvalue weighted by molar-refractivity contribution is -0.133. The van der Waals surface area contributed by atoms with Crippen LogP contribution in [-0.4, -0.2) is 39.5 Å². The molecule has 1 fully saturated rings. The Morgan fingerprint density at radius 2 is 2.05 bits per heavy atom. The molecule has 1 aromatic carbocycles. The van der Waals surface area contributed by atoms with Crippen molar-refractivity contribution in [2.45, 2.75) is 18.9 Å². The number of hydrogen-bond acceptors (Lipinski definition) is 4. The van der Waals surface area contributed by atoms with Gasteiger partial charge in [-0.2, -0.15) is 0 Å². The van der Waals surface area contributed by atoms with Crippen LogP contribution in [-0.2, 0) is 4.79 Å². The van der Waals surface area contributed by atoms with E-state index in [1.807, 2.05) is 24.3 Å². The smallest absolute Gasteiger partial charge is 0.273 e. The zero-order chi connectivity index (χ0) is 14.8. The Hall–Kier alpha value is -2.47. The molecular formula is C15H15N3O3. The topological polar surface area (TPSA) is 82.5 Å². The number of likely N-dealkylation sites (tertiary alicyclic amines) is 1. The third-order valence-corrected chi connectivity index (χ3v) is 3.78. The second-order valence-corrected chi connectivity index (χ2v) is 5.05. The van der Waals surface area contributed by atoms with Crippen LogP contribution in [0.4, 0.5) is 0 Å². The molecule has 21 heavy (non-hydrogen) atoms. The number of hydrogen-bond donors (Lipinski definition) is 2. The second-order valence-electron chi connectivity index (χ2n) is 5.05. The first-order valence-electron chi connectivity index (χ1n) is 6.80. The minimum Gasteiger partial charge on any atom is -0.325 e. The van der Waals surface area contributed by atoms with E-state index in [4.69, 9.17) is 5.21 Å². The van der Waals surface area contributed by atoms with Gasteiger partial charge in [0.25, 0.3) is 11.8 Å². The van der Waals surface area contributed by atoms with Crippen molar-refractivity contribution in [3.05, 3.63) is 42.2 Å². The Bertz CT molecular complexity index is 701. The largest absolute Gasteiger partial charge is 0.325 e. The molecule has 0 aliphatic carbocycles. The minimum absolute atomic E-state index is 0.285. The summed E-state index contributed by atoms with van der Waals surface area (Å²) < 4.78 is 0. The van der Waals surface area contributed by atoms with Gasteiger partial charge in [-0.3, -0.25) is 19.8 Å². The Labute approximate surface area is 121 Å². The van der Waals surface area contributed by atoms with Crippen LogP contribution in [0.2, 0.25) is 0 Å². The molecule has 2 aromatic rings. The molecular weight excluding hydrogens is 270 g/mol. The number of amides is 2. The maximum absolute atomic E-state index is 12.5. The molecule has 1 aliphatic heterocycles. The van der Waals surface area contributed by atoms with E-state index >= 15 is 0 Å². The molecule has 0 unspecified atom stereocenters. The summed E-state index contributed by atoms with van der Waals surface area (Å²) in [6, 6.07) is 8.74. The number of hydroxylamine groups is 1. The fourth-order valence-corrected chi connectivity index (χ4v) is 2.70. The predicted octanol–water partition coefficient (Wildman–Crippen LogP) is 1.34. The third kappa shape index (κ3) is 2.45. The van der Waals surface area contributed by atoms with Crippen LogP contribution in [0.25, 0.3) is 10.8 Å². The van der Waals surface area contributed by atoms with Crippen molar-refractivity contribution in [3.63, 3.8) is 0 Å². The first-order chi connectivity index (χ1) is 10.2. The summed E-state index contributed by atoms with van der Waals surface area (Å²) in [6.45, 7) is 0.491. The number of nitrogens with one attached hydrogen (secondary N) is 1. The molecule has 0 saturated carbocycles. The third-order valence-electron chi connectivity index (χ3n) is 3.78. The number of nitrogens with zero attached hydrogens (tertiary/aromatic N) is 2. The second kappa shape index (κ2) is 5.49. The summed E-state index contributed by atoms with van der Waals surface area (Å²) in [7, 11) is 0. The van der Waals surface area contributed by atoms with Crippen LogP contribution in [0.5, 0.6) is 0 Å². The molecule has 0 radical (unpaired) electrons. The van der Waals surface area contributed by atoms with E-state index < -0.39 is 11.9 Å². The molecule has 2 heterocycles. The molecule has 1 atom stereocenters. The standard InChI is InChI=1S/C15H15N3O3/c19-14(17-21)13-6-3-7-18(13)15(20)12-8-10-4-1-2-5-11(10)9-16-12/h1-2,4-5,8-9,13,21H,3,6-7H2,(H,17,19)/t13-/m0/s1. The summed E-state index contributed by atoms with van der Waals surface area (Å²) in [5.74, 6) is -0.839. The van der Waals surface area contributed by atoms with E-state index in [-0.39, 0.29) is 5.91 Å². The van der Waals surface area contributed by atoms with Crippen LogP contribution in [0, 0.1) is 0 Å². The SMILES string of the molecule is O=C(NO)[C@@H]1CCCN1C(=O)c1cc2ccccc2cn1. The van der Waals surface area contributed by atoms with Crippen LogP contribution in [0.15, 0.2) is 36.5 Å². The quantitative estimate of drug-likeness (QED) is 0.644. The van der Waals surface area contributed by atoms with Crippen molar-refractivity contribution in [1.29, 1.82) is 0 Å². The van der Waals surface area contributed by atoms with Crippen LogP contribution in [0.1, 0.15) is 23.3 Å². The van der Waals surface area contributed by atoms with Crippen molar-refractivity contribution in [1.82, 2.24) is 15.4 Å². The summed E-state index contributed by atoms with van der Waals surface area (Å²) in [5, 5.41) is 10.6. The van der Waals surface area contributed by atoms with Crippen molar-refractivity contribution < 1.29 is 14.8 Å². The molecule has 6 nitrogen and oxygen atoms in total. The Balaban J connectivity index is 1.91. The summed E-state index contributed by atoms with van der Waals surface area (Å²) in [4.78, 5) is 29.8. The van der Waals surface area contributed by atoms with Gasteiger partial charge < -0.3 is 4.90 Å². The maximum Gasteiger partial charge on any atom is 0.273 e. The highest BCUT2D eigenvalue weighted by molar-refractivity contribution is 5.99. The molecule has 108 valence electrons. The number of rotatable bonds is 2. The van der Waals surface area contributed by atoms with Crippen LogP contribution >= 0.6 is 0 Å². The Morgan fingerprint density at radius 3 is 2.81 bits per heavy atom. The number of carbonyl (C=O) groups excluding carboxylic acids is 2. The molecule has 0 spiro atoms. The van der Waals surface area contributed by atoms with Gasteiger partial charge in [-0.1, -0.05) is 24.3 Å². The van der Waals surface area contributed by atoms with Crippen molar-refractivity contribution >= 4 is 22.6 Å². The minimum atomic E-state index is -0.629. The number of aromatic nitrogens is 1. The first-order valence-corrected chi connectivity index (χ1v) is 6.80. The van der Waals surface area contributed by atoms with Crippen LogP contribution in [0.3, 0.4) is 0 Å². The summed E-state index contributed by atoms with van der Waals surface area (Å²) in [5.41, 5.74) is 1.93. The monoisotopic (exact) mass is 285 g/mol. The Kier molecular flexibility index (Phi) is 3.53. The average molecular weight is 285 g/mol. The molecule has 3 rings (SSSR count). The number of fused-ring (bicyclic) bond motifs is 1. The number of benzene rings is 1. The molecule has 6 heteroatoms. The fourth-order valence-electron chi connectivity index (χ4n) is 2.70. The van der Waals surface area contributed by atoms with E-state index in [9.17, 15) is 9.59 Å². The molecule has 0 bridgehead atoms. The maximum atomic E-state index is 12.5. The Morgan fingerprint density at radius 1 is 1.29 bits per heavy atom. The molecule has 2 N–H and O–H groups in total. The number of pyridine rings is 1. The lowest BCUT2D eigenvalue weighted by Gasteiger charge is -2.22. The van der Waals surface area contributed by atoms with Gasteiger partial charge in [0.2, 0.25) is 0 Å². The van der Waals surface area contributed by atoms with E-state index in [2.05, 4.69) is 4.98 Å².